The molecule has 46 heavy (non-hydrogen) atoms. The van der Waals surface area contributed by atoms with Crippen molar-refractivity contribution in [3.05, 3.63) is 119 Å². The van der Waals surface area contributed by atoms with Crippen molar-refractivity contribution in [1.29, 1.82) is 0 Å². The van der Waals surface area contributed by atoms with Crippen LogP contribution < -0.4 is 4.74 Å². The fraction of sp³-hybridized carbons (Fsp3) is 0.237. The van der Waals surface area contributed by atoms with Gasteiger partial charge in [0.05, 0.1) is 24.3 Å². The second-order valence-electron chi connectivity index (χ2n) is 11.2. The van der Waals surface area contributed by atoms with E-state index in [1.54, 1.807) is 37.3 Å². The highest BCUT2D eigenvalue weighted by Crippen LogP contribution is 2.31. The lowest BCUT2D eigenvalue weighted by Crippen LogP contribution is -2.30. The Bertz CT molecular complexity index is 1920. The van der Waals surface area contributed by atoms with Gasteiger partial charge >= 0.3 is 5.97 Å². The molecule has 0 spiro atoms. The third kappa shape index (κ3) is 6.15. The lowest BCUT2D eigenvalue weighted by Gasteiger charge is -2.13. The molecule has 4 aromatic carbocycles. The second-order valence-corrected chi connectivity index (χ2v) is 11.2. The van der Waals surface area contributed by atoms with Gasteiger partial charge in [-0.05, 0) is 74.4 Å². The van der Waals surface area contributed by atoms with Crippen molar-refractivity contribution in [3.8, 4) is 5.75 Å². The van der Waals surface area contributed by atoms with E-state index in [4.69, 9.17) is 9.47 Å². The van der Waals surface area contributed by atoms with E-state index in [9.17, 15) is 18.8 Å². The van der Waals surface area contributed by atoms with Gasteiger partial charge < -0.3 is 14.0 Å². The van der Waals surface area contributed by atoms with Gasteiger partial charge in [-0.15, -0.1) is 0 Å². The Kier molecular flexibility index (Phi) is 9.24. The van der Waals surface area contributed by atoms with E-state index < -0.39 is 11.8 Å². The van der Waals surface area contributed by atoms with Crippen molar-refractivity contribution in [2.24, 2.45) is 0 Å². The van der Waals surface area contributed by atoms with E-state index in [0.717, 1.165) is 28.5 Å². The number of allylic oxidation sites excluding steroid dienone is 1. The molecule has 234 valence electrons. The van der Waals surface area contributed by atoms with Crippen molar-refractivity contribution in [3.63, 3.8) is 0 Å². The monoisotopic (exact) mass is 618 g/mol. The number of carbonyl (C=O) groups is 3. The van der Waals surface area contributed by atoms with E-state index in [0.29, 0.717) is 66.7 Å². The number of unbranched alkanes of at least 4 members (excludes halogenated alkanes) is 2. The number of carbonyl (C=O) groups excluding carboxylic acids is 3. The maximum absolute atomic E-state index is 14.5. The first-order valence-electron chi connectivity index (χ1n) is 15.7. The minimum absolute atomic E-state index is 0.208. The van der Waals surface area contributed by atoms with E-state index in [1.165, 1.54) is 17.0 Å². The molecule has 2 amide bonds. The maximum Gasteiger partial charge on any atom is 0.355 e. The van der Waals surface area contributed by atoms with Crippen LogP contribution in [0.15, 0.2) is 91.0 Å². The third-order valence-corrected chi connectivity index (χ3v) is 8.23. The molecule has 7 nitrogen and oxygen atoms in total. The van der Waals surface area contributed by atoms with Gasteiger partial charge in [0.25, 0.3) is 11.8 Å². The average molecular weight is 619 g/mol. The van der Waals surface area contributed by atoms with Gasteiger partial charge in [0.1, 0.15) is 17.3 Å². The molecule has 0 saturated heterocycles. The van der Waals surface area contributed by atoms with Gasteiger partial charge in [0.15, 0.2) is 0 Å². The average Bonchev–Trinajstić information content (AvgIpc) is 3.50. The molecular formula is C38H35FN2O5. The molecule has 0 saturated carbocycles. The predicted molar refractivity (Wildman–Crippen MR) is 177 cm³/mol. The van der Waals surface area contributed by atoms with Crippen LogP contribution in [0.2, 0.25) is 0 Å². The zero-order chi connectivity index (χ0) is 32.0. The molecule has 5 aromatic rings. The summed E-state index contributed by atoms with van der Waals surface area (Å²) in [7, 11) is 0. The smallest absolute Gasteiger partial charge is 0.355 e. The Morgan fingerprint density at radius 2 is 1.57 bits per heavy atom. The normalized spacial score (nSPS) is 12.9. The van der Waals surface area contributed by atoms with Crippen molar-refractivity contribution >= 4 is 45.5 Å². The largest absolute Gasteiger partial charge is 0.493 e. The van der Waals surface area contributed by atoms with Crippen LogP contribution in [0, 0.1) is 5.82 Å². The summed E-state index contributed by atoms with van der Waals surface area (Å²) < 4.78 is 28.0. The standard InChI is InChI=1S/C38H35FN2O5/c1-2-45-38(44)35-29(16-5-3-4-10-22-41-36(42)30-17-8-9-18-31(30)37(41)43)32-25-27(39)20-21-33(32)40(35)23-12-24-46-34-19-11-14-26-13-6-7-15-28(26)34/h5-9,11,13-21,25H,2-4,10,12,22-24H2,1H3. The molecule has 1 aliphatic heterocycles. The summed E-state index contributed by atoms with van der Waals surface area (Å²) in [5.41, 5.74) is 2.60. The molecule has 6 rings (SSSR count). The predicted octanol–water partition coefficient (Wildman–Crippen LogP) is 8.06. The molecular weight excluding hydrogens is 583 g/mol. The molecule has 8 heteroatoms. The van der Waals surface area contributed by atoms with E-state index in [-0.39, 0.29) is 18.4 Å². The first-order chi connectivity index (χ1) is 22.5. The zero-order valence-corrected chi connectivity index (χ0v) is 25.7. The van der Waals surface area contributed by atoms with Gasteiger partial charge in [-0.3, -0.25) is 14.5 Å². The molecule has 0 fully saturated rings. The fourth-order valence-corrected chi connectivity index (χ4v) is 6.08. The van der Waals surface area contributed by atoms with E-state index in [1.807, 2.05) is 59.2 Å². The zero-order valence-electron chi connectivity index (χ0n) is 25.7. The van der Waals surface area contributed by atoms with Crippen LogP contribution in [0.25, 0.3) is 27.8 Å². The van der Waals surface area contributed by atoms with Gasteiger partial charge in [-0.2, -0.15) is 0 Å². The number of esters is 1. The molecule has 0 bridgehead atoms. The van der Waals surface area contributed by atoms with Crippen molar-refractivity contribution in [2.75, 3.05) is 19.8 Å². The van der Waals surface area contributed by atoms with Crippen molar-refractivity contribution in [2.45, 2.75) is 39.2 Å². The summed E-state index contributed by atoms with van der Waals surface area (Å²) in [6.45, 7) is 3.19. The van der Waals surface area contributed by atoms with Crippen molar-refractivity contribution in [1.82, 2.24) is 9.47 Å². The van der Waals surface area contributed by atoms with Gasteiger partial charge in [0, 0.05) is 34.9 Å². The molecule has 0 aliphatic carbocycles. The molecule has 1 aromatic heterocycles. The first kappa shape index (κ1) is 30.8. The number of aromatic nitrogens is 1. The second kappa shape index (κ2) is 13.8. The van der Waals surface area contributed by atoms with Gasteiger partial charge in [0.2, 0.25) is 0 Å². The van der Waals surface area contributed by atoms with Crippen LogP contribution in [0.3, 0.4) is 0 Å². The number of hydrogen-bond acceptors (Lipinski definition) is 5. The number of imide groups is 1. The first-order valence-corrected chi connectivity index (χ1v) is 15.7. The molecule has 0 unspecified atom stereocenters. The fourth-order valence-electron chi connectivity index (χ4n) is 6.08. The number of nitrogens with zero attached hydrogens (tertiary/aromatic N) is 2. The summed E-state index contributed by atoms with van der Waals surface area (Å²) in [5.74, 6) is -0.579. The number of amides is 2. The summed E-state index contributed by atoms with van der Waals surface area (Å²) in [5, 5.41) is 2.76. The maximum atomic E-state index is 14.5. The summed E-state index contributed by atoms with van der Waals surface area (Å²) in [6.07, 6.45) is 6.40. The Morgan fingerprint density at radius 1 is 0.826 bits per heavy atom. The number of benzene rings is 4. The van der Waals surface area contributed by atoms with E-state index in [2.05, 4.69) is 0 Å². The quantitative estimate of drug-likeness (QED) is 0.0758. The lowest BCUT2D eigenvalue weighted by molar-refractivity contribution is 0.0512. The lowest BCUT2D eigenvalue weighted by atomic mass is 10.1. The molecule has 0 radical (unpaired) electrons. The van der Waals surface area contributed by atoms with E-state index >= 15 is 0 Å². The number of hydrogen-bond donors (Lipinski definition) is 0. The Labute approximate surface area is 266 Å². The molecule has 0 atom stereocenters. The van der Waals surface area contributed by atoms with Crippen LogP contribution in [0.5, 0.6) is 5.75 Å². The highest BCUT2D eigenvalue weighted by atomic mass is 19.1. The molecule has 1 aliphatic rings. The van der Waals surface area contributed by atoms with Crippen LogP contribution in [-0.2, 0) is 11.3 Å². The van der Waals surface area contributed by atoms with Crippen LogP contribution in [0.4, 0.5) is 4.39 Å². The molecule has 2 heterocycles. The highest BCUT2D eigenvalue weighted by molar-refractivity contribution is 6.21. The SMILES string of the molecule is CCOC(=O)c1c(C=CCCCCN2C(=O)c3ccccc3C2=O)c2cc(F)ccc2n1CCCOc1cccc2ccccc12. The Hall–Kier alpha value is -5.24. The topological polar surface area (TPSA) is 77.8 Å². The highest BCUT2D eigenvalue weighted by Gasteiger charge is 2.34. The third-order valence-electron chi connectivity index (χ3n) is 8.23. The minimum atomic E-state index is -0.473. The van der Waals surface area contributed by atoms with Crippen molar-refractivity contribution < 1.29 is 28.2 Å². The van der Waals surface area contributed by atoms with Crippen LogP contribution >= 0.6 is 0 Å². The Morgan fingerprint density at radius 3 is 2.35 bits per heavy atom. The number of aryl methyl sites for hydroxylation is 1. The number of rotatable bonds is 13. The van der Waals surface area contributed by atoms with Crippen LogP contribution in [0.1, 0.15) is 69.4 Å². The molecule has 0 N–H and O–H groups in total. The van der Waals surface area contributed by atoms with Gasteiger partial charge in [-0.1, -0.05) is 60.7 Å². The number of ether oxygens (including phenoxy) is 2. The van der Waals surface area contributed by atoms with Crippen LogP contribution in [-0.4, -0.2) is 47.0 Å². The summed E-state index contributed by atoms with van der Waals surface area (Å²) in [6, 6.07) is 25.4. The van der Waals surface area contributed by atoms with Gasteiger partial charge in [-0.25, -0.2) is 9.18 Å². The summed E-state index contributed by atoms with van der Waals surface area (Å²) in [4.78, 5) is 39.9. The summed E-state index contributed by atoms with van der Waals surface area (Å²) >= 11 is 0. The number of fused-ring (bicyclic) bond motifs is 3. The minimum Gasteiger partial charge on any atom is -0.493 e. The Balaban J connectivity index is 1.15. The number of halogens is 1.